The summed E-state index contributed by atoms with van der Waals surface area (Å²) >= 11 is 1.12. The Kier molecular flexibility index (Phi) is 12.8. The molecule has 220 valence electrons. The van der Waals surface area contributed by atoms with Gasteiger partial charge in [-0.05, 0) is 44.7 Å². The van der Waals surface area contributed by atoms with Crippen LogP contribution >= 0.6 is 11.3 Å². The number of carboxylic acid groups (broad SMARTS) is 1. The number of hydrogen-bond acceptors (Lipinski definition) is 8. The molecule has 11 heteroatoms. The predicted octanol–water partition coefficient (Wildman–Crippen LogP) is 4.11. The average Bonchev–Trinajstić information content (AvgIpc) is 3.38. The maximum atomic E-state index is 14.2. The second kappa shape index (κ2) is 15.3. The zero-order valence-electron chi connectivity index (χ0n) is 24.4. The smallest absolute Gasteiger partial charge is 0.355 e. The fraction of sp³-hybridized carbons (Fsp3) is 0.750. The van der Waals surface area contributed by atoms with Crippen LogP contribution in [-0.4, -0.2) is 81.9 Å². The van der Waals surface area contributed by atoms with Gasteiger partial charge in [-0.25, -0.2) is 9.78 Å². The van der Waals surface area contributed by atoms with Gasteiger partial charge in [0.2, 0.25) is 11.8 Å². The van der Waals surface area contributed by atoms with Crippen molar-refractivity contribution < 1.29 is 29.0 Å². The SMILES string of the molecule is CCCN(C(=O)[C@@H](NC(=O)[C@H]1CCCCN1C)[C@@H](C)CC)[C@H](C[C@@H](OC(C)=O)c1nc(C(=O)O)cs1)C(C)C. The fourth-order valence-electron chi connectivity index (χ4n) is 5.11. The number of carboxylic acids is 1. The number of ether oxygens (including phenoxy) is 1. The number of aromatic nitrogens is 1. The lowest BCUT2D eigenvalue weighted by Crippen LogP contribution is -2.58. The highest BCUT2D eigenvalue weighted by Gasteiger charge is 2.38. The molecule has 1 saturated heterocycles. The van der Waals surface area contributed by atoms with E-state index < -0.39 is 24.1 Å². The molecule has 5 atom stereocenters. The van der Waals surface area contributed by atoms with Gasteiger partial charge in [0.05, 0.1) is 6.04 Å². The van der Waals surface area contributed by atoms with Crippen LogP contribution in [0.1, 0.15) is 102 Å². The number of hydrogen-bond donors (Lipinski definition) is 2. The molecule has 1 aromatic rings. The van der Waals surface area contributed by atoms with E-state index in [4.69, 9.17) is 4.74 Å². The summed E-state index contributed by atoms with van der Waals surface area (Å²) in [7, 11) is 1.95. The lowest BCUT2D eigenvalue weighted by molar-refractivity contribution is -0.149. The molecule has 2 amide bonds. The number of amides is 2. The molecule has 0 aromatic carbocycles. The van der Waals surface area contributed by atoms with Crippen molar-refractivity contribution in [3.05, 3.63) is 16.1 Å². The van der Waals surface area contributed by atoms with Crippen molar-refractivity contribution in [2.24, 2.45) is 11.8 Å². The Morgan fingerprint density at radius 3 is 2.44 bits per heavy atom. The number of esters is 1. The third-order valence-electron chi connectivity index (χ3n) is 7.55. The minimum absolute atomic E-state index is 0.00442. The van der Waals surface area contributed by atoms with Gasteiger partial charge < -0.3 is 20.1 Å². The van der Waals surface area contributed by atoms with Crippen LogP contribution in [0, 0.1) is 11.8 Å². The second-order valence-corrected chi connectivity index (χ2v) is 11.8. The van der Waals surface area contributed by atoms with Gasteiger partial charge in [-0.3, -0.25) is 19.3 Å². The lowest BCUT2D eigenvalue weighted by Gasteiger charge is -2.40. The molecule has 1 aliphatic rings. The molecule has 10 nitrogen and oxygen atoms in total. The van der Waals surface area contributed by atoms with E-state index in [0.29, 0.717) is 18.0 Å². The Labute approximate surface area is 236 Å². The molecular formula is C28H46N4O6S. The second-order valence-electron chi connectivity index (χ2n) is 10.9. The highest BCUT2D eigenvalue weighted by atomic mass is 32.1. The maximum Gasteiger partial charge on any atom is 0.355 e. The van der Waals surface area contributed by atoms with Crippen molar-refractivity contribution in [2.75, 3.05) is 20.1 Å². The van der Waals surface area contributed by atoms with E-state index in [0.717, 1.165) is 43.6 Å². The highest BCUT2D eigenvalue weighted by Crippen LogP contribution is 2.31. The normalized spacial score (nSPS) is 19.1. The Morgan fingerprint density at radius 1 is 1.23 bits per heavy atom. The molecule has 0 spiro atoms. The molecule has 0 aliphatic carbocycles. The number of thiazole rings is 1. The first-order valence-corrected chi connectivity index (χ1v) is 15.0. The quantitative estimate of drug-likeness (QED) is 0.322. The van der Waals surface area contributed by atoms with Crippen molar-refractivity contribution in [3.8, 4) is 0 Å². The molecule has 0 bridgehead atoms. The maximum absolute atomic E-state index is 14.2. The Bertz CT molecular complexity index is 983. The molecule has 0 saturated carbocycles. The van der Waals surface area contributed by atoms with E-state index in [1.165, 1.54) is 12.3 Å². The van der Waals surface area contributed by atoms with Crippen LogP contribution in [0.5, 0.6) is 0 Å². The highest BCUT2D eigenvalue weighted by molar-refractivity contribution is 7.09. The molecule has 1 aromatic heterocycles. The van der Waals surface area contributed by atoms with E-state index in [9.17, 15) is 24.3 Å². The topological polar surface area (TPSA) is 129 Å². The Morgan fingerprint density at radius 2 is 1.92 bits per heavy atom. The van der Waals surface area contributed by atoms with Crippen LogP contribution < -0.4 is 5.32 Å². The van der Waals surface area contributed by atoms with E-state index in [1.807, 2.05) is 46.6 Å². The van der Waals surface area contributed by atoms with Gasteiger partial charge in [0, 0.05) is 31.3 Å². The predicted molar refractivity (Wildman–Crippen MR) is 150 cm³/mol. The standard InChI is InChI=1S/C28H46N4O6S/c1-8-13-32(27(35)24(18(5)9-2)30-25(34)21-12-10-11-14-31(21)7)22(17(3)4)15-23(38-19(6)33)26-29-20(16-39-26)28(36)37/h16-18,21-24H,8-15H2,1-7H3,(H,30,34)(H,36,37)/t18-,21+,22+,23+,24-/m0/s1. The largest absolute Gasteiger partial charge is 0.476 e. The Balaban J connectivity index is 2.38. The van der Waals surface area contributed by atoms with E-state index >= 15 is 0 Å². The summed E-state index contributed by atoms with van der Waals surface area (Å²) in [6.07, 6.45) is 3.71. The first kappa shape index (κ1) is 32.7. The molecular weight excluding hydrogens is 520 g/mol. The monoisotopic (exact) mass is 566 g/mol. The van der Waals surface area contributed by atoms with Crippen molar-refractivity contribution >= 4 is 35.1 Å². The summed E-state index contributed by atoms with van der Waals surface area (Å²) in [5.41, 5.74) is -0.109. The molecule has 2 rings (SSSR count). The van der Waals surface area contributed by atoms with Crippen molar-refractivity contribution in [3.63, 3.8) is 0 Å². The average molecular weight is 567 g/mol. The van der Waals surface area contributed by atoms with Gasteiger partial charge in [0.25, 0.3) is 0 Å². The van der Waals surface area contributed by atoms with E-state index in [2.05, 4.69) is 15.2 Å². The van der Waals surface area contributed by atoms with Gasteiger partial charge >= 0.3 is 11.9 Å². The number of nitrogens with zero attached hydrogens (tertiary/aromatic N) is 3. The van der Waals surface area contributed by atoms with Gasteiger partial charge in [-0.15, -0.1) is 11.3 Å². The van der Waals surface area contributed by atoms with Crippen LogP contribution in [0.2, 0.25) is 0 Å². The number of carbonyl (C=O) groups is 4. The summed E-state index contributed by atoms with van der Waals surface area (Å²) < 4.78 is 5.61. The van der Waals surface area contributed by atoms with Gasteiger partial charge in [0.1, 0.15) is 11.0 Å². The van der Waals surface area contributed by atoms with Crippen LogP contribution in [0.25, 0.3) is 0 Å². The minimum Gasteiger partial charge on any atom is -0.476 e. The van der Waals surface area contributed by atoms with E-state index in [-0.39, 0.29) is 47.8 Å². The molecule has 2 heterocycles. The molecule has 1 aliphatic heterocycles. The third kappa shape index (κ3) is 8.99. The van der Waals surface area contributed by atoms with Crippen molar-refractivity contribution in [1.82, 2.24) is 20.1 Å². The number of piperidine rings is 1. The van der Waals surface area contributed by atoms with Crippen LogP contribution in [0.3, 0.4) is 0 Å². The molecule has 0 unspecified atom stereocenters. The number of likely N-dealkylation sites (N-methyl/N-ethyl adjacent to an activating group) is 1. The summed E-state index contributed by atoms with van der Waals surface area (Å²) in [6, 6.07) is -1.27. The zero-order valence-corrected chi connectivity index (χ0v) is 25.3. The summed E-state index contributed by atoms with van der Waals surface area (Å²) in [6.45, 7) is 12.6. The van der Waals surface area contributed by atoms with Gasteiger partial charge in [0.15, 0.2) is 11.8 Å². The first-order chi connectivity index (χ1) is 18.4. The van der Waals surface area contributed by atoms with Crippen LogP contribution in [-0.2, 0) is 19.1 Å². The Hall–Kier alpha value is -2.53. The minimum atomic E-state index is -1.15. The molecule has 2 N–H and O–H groups in total. The molecule has 0 radical (unpaired) electrons. The summed E-state index contributed by atoms with van der Waals surface area (Å²) in [5, 5.41) is 14.2. The number of rotatable bonds is 14. The van der Waals surface area contributed by atoms with Gasteiger partial charge in [-0.2, -0.15) is 0 Å². The summed E-state index contributed by atoms with van der Waals surface area (Å²) in [4.78, 5) is 59.0. The van der Waals surface area contributed by atoms with Crippen LogP contribution in [0.15, 0.2) is 5.38 Å². The summed E-state index contributed by atoms with van der Waals surface area (Å²) in [5.74, 6) is -2.01. The van der Waals surface area contributed by atoms with Gasteiger partial charge in [-0.1, -0.05) is 47.5 Å². The number of nitrogens with one attached hydrogen (secondary N) is 1. The van der Waals surface area contributed by atoms with E-state index in [1.54, 1.807) is 0 Å². The third-order valence-corrected chi connectivity index (χ3v) is 8.48. The number of likely N-dealkylation sites (tertiary alicyclic amines) is 1. The lowest BCUT2D eigenvalue weighted by atomic mass is 9.92. The first-order valence-electron chi connectivity index (χ1n) is 14.1. The molecule has 1 fully saturated rings. The number of carbonyl (C=O) groups excluding carboxylic acids is 3. The zero-order chi connectivity index (χ0) is 29.3. The van der Waals surface area contributed by atoms with Crippen LogP contribution in [0.4, 0.5) is 0 Å². The fourth-order valence-corrected chi connectivity index (χ4v) is 5.94. The molecule has 39 heavy (non-hydrogen) atoms. The van der Waals surface area contributed by atoms with Crippen molar-refractivity contribution in [1.29, 1.82) is 0 Å². The number of aromatic carboxylic acids is 1. The van der Waals surface area contributed by atoms with Crippen molar-refractivity contribution in [2.45, 2.75) is 104 Å².